The number of hydrogen-bond donors (Lipinski definition) is 0. The Labute approximate surface area is 411 Å². The zero-order chi connectivity index (χ0) is 46.8. The number of para-hydroxylation sites is 2. The molecular formula is C68H44N2O. The van der Waals surface area contributed by atoms with Crippen LogP contribution in [0.3, 0.4) is 0 Å². The molecule has 0 atom stereocenters. The second-order valence-electron chi connectivity index (χ2n) is 18.5. The second kappa shape index (κ2) is 16.7. The molecule has 3 heteroatoms. The Balaban J connectivity index is 0.821. The zero-order valence-electron chi connectivity index (χ0n) is 38.7. The maximum Gasteiger partial charge on any atom is 0.143 e. The Morgan fingerprint density at radius 1 is 0.268 bits per heavy atom. The fraction of sp³-hybridized carbons (Fsp3) is 0. The number of nitrogens with zero attached hydrogens (tertiary/aromatic N) is 2. The summed E-state index contributed by atoms with van der Waals surface area (Å²) >= 11 is 0. The molecule has 0 aliphatic rings. The fourth-order valence-corrected chi connectivity index (χ4v) is 10.8. The molecule has 0 amide bonds. The summed E-state index contributed by atoms with van der Waals surface area (Å²) in [6.07, 6.45) is 0. The predicted molar refractivity (Wildman–Crippen MR) is 299 cm³/mol. The zero-order valence-corrected chi connectivity index (χ0v) is 38.7. The highest BCUT2D eigenvalue weighted by Crippen LogP contribution is 2.41. The van der Waals surface area contributed by atoms with Crippen molar-refractivity contribution >= 4 is 82.4 Å². The van der Waals surface area contributed by atoms with Gasteiger partial charge in [0.15, 0.2) is 0 Å². The average Bonchev–Trinajstić information content (AvgIpc) is 4.00. The molecule has 0 fully saturated rings. The molecule has 0 saturated carbocycles. The number of furan rings is 1. The summed E-state index contributed by atoms with van der Waals surface area (Å²) in [7, 11) is 0. The molecule has 0 spiro atoms. The summed E-state index contributed by atoms with van der Waals surface area (Å²) in [6.45, 7) is 0. The van der Waals surface area contributed by atoms with Crippen LogP contribution in [0, 0.1) is 0 Å². The van der Waals surface area contributed by atoms with E-state index in [0.29, 0.717) is 0 Å². The van der Waals surface area contributed by atoms with E-state index in [1.54, 1.807) is 0 Å². The molecule has 0 aliphatic heterocycles. The first-order valence-electron chi connectivity index (χ1n) is 24.3. The second-order valence-corrected chi connectivity index (χ2v) is 18.5. The minimum atomic E-state index is 0.892. The first-order valence-corrected chi connectivity index (χ1v) is 24.3. The van der Waals surface area contributed by atoms with Gasteiger partial charge in [-0.05, 0) is 152 Å². The minimum absolute atomic E-state index is 0.892. The lowest BCUT2D eigenvalue weighted by molar-refractivity contribution is 0.673. The Bertz CT molecular complexity index is 4280. The van der Waals surface area contributed by atoms with Gasteiger partial charge in [0, 0.05) is 49.7 Å². The van der Waals surface area contributed by atoms with Crippen molar-refractivity contribution in [3.8, 4) is 50.2 Å². The van der Waals surface area contributed by atoms with Gasteiger partial charge in [-0.3, -0.25) is 0 Å². The van der Waals surface area contributed by atoms with Crippen LogP contribution in [-0.2, 0) is 0 Å². The third-order valence-corrected chi connectivity index (χ3v) is 14.4. The molecule has 2 heterocycles. The van der Waals surface area contributed by atoms with Crippen LogP contribution in [0.1, 0.15) is 0 Å². The maximum atomic E-state index is 6.58. The number of fused-ring (bicyclic) bond motifs is 9. The summed E-state index contributed by atoms with van der Waals surface area (Å²) in [6, 6.07) is 96.7. The average molecular weight is 905 g/mol. The van der Waals surface area contributed by atoms with E-state index >= 15 is 0 Å². The third-order valence-electron chi connectivity index (χ3n) is 14.4. The molecule has 71 heavy (non-hydrogen) atoms. The van der Waals surface area contributed by atoms with E-state index in [0.717, 1.165) is 72.3 Å². The Morgan fingerprint density at radius 3 is 1.37 bits per heavy atom. The largest absolute Gasteiger partial charge is 0.455 e. The summed E-state index contributed by atoms with van der Waals surface area (Å²) in [5.74, 6) is 0. The van der Waals surface area contributed by atoms with Crippen LogP contribution in [-0.4, -0.2) is 4.57 Å². The van der Waals surface area contributed by atoms with Gasteiger partial charge in [-0.1, -0.05) is 176 Å². The smallest absolute Gasteiger partial charge is 0.143 e. The minimum Gasteiger partial charge on any atom is -0.455 e. The van der Waals surface area contributed by atoms with Gasteiger partial charge in [0.2, 0.25) is 0 Å². The van der Waals surface area contributed by atoms with E-state index in [-0.39, 0.29) is 0 Å². The molecule has 0 saturated heterocycles. The lowest BCUT2D eigenvalue weighted by Gasteiger charge is -2.26. The monoisotopic (exact) mass is 904 g/mol. The Kier molecular flexibility index (Phi) is 9.53. The number of benzene rings is 12. The van der Waals surface area contributed by atoms with E-state index in [4.69, 9.17) is 4.42 Å². The first-order chi connectivity index (χ1) is 35.2. The summed E-state index contributed by atoms with van der Waals surface area (Å²) in [4.78, 5) is 2.35. The van der Waals surface area contributed by atoms with E-state index in [1.165, 1.54) is 60.2 Å². The van der Waals surface area contributed by atoms with Gasteiger partial charge in [-0.2, -0.15) is 0 Å². The van der Waals surface area contributed by atoms with Crippen LogP contribution in [0.5, 0.6) is 0 Å². The SMILES string of the molecule is c1cc(-c2ccc(N(c3ccc(-c4cccc(-n5c6ccccc6c6ccccc65)c4)cc3)c3ccc(-c4ccc5c(c4)oc4c6ccccc6ccc54)cc3)cc2)cc(-c2ccc3ccccc3c2)c1. The van der Waals surface area contributed by atoms with Crippen molar-refractivity contribution in [2.75, 3.05) is 4.90 Å². The van der Waals surface area contributed by atoms with Gasteiger partial charge in [-0.25, -0.2) is 0 Å². The number of aromatic nitrogens is 1. The molecule has 0 aliphatic carbocycles. The summed E-state index contributed by atoms with van der Waals surface area (Å²) in [5, 5.41) is 9.60. The lowest BCUT2D eigenvalue weighted by Crippen LogP contribution is -2.09. The van der Waals surface area contributed by atoms with E-state index in [1.807, 2.05) is 0 Å². The van der Waals surface area contributed by atoms with Crippen LogP contribution in [0.4, 0.5) is 17.1 Å². The quantitative estimate of drug-likeness (QED) is 0.151. The predicted octanol–water partition coefficient (Wildman–Crippen LogP) is 19.1. The van der Waals surface area contributed by atoms with Crippen molar-refractivity contribution in [1.82, 2.24) is 4.57 Å². The standard InChI is InChI=1S/C68H44N2O/c1-2-13-50-42-54(24-23-45(50)11-1)52-15-9-14-51(41-52)46-25-33-56(34-26-46)69(58-37-29-48(30-38-58)55-32-39-63-64-40-31-49-12-3-4-18-60(49)68(64)71-67(63)44-55)57-35-27-47(28-36-57)53-16-10-17-59(43-53)70-65-21-7-5-19-61(65)62-20-6-8-22-66(62)70/h1-44H. The van der Waals surface area contributed by atoms with Crippen molar-refractivity contribution in [2.45, 2.75) is 0 Å². The third kappa shape index (κ3) is 7.06. The van der Waals surface area contributed by atoms with Crippen LogP contribution in [0.15, 0.2) is 271 Å². The van der Waals surface area contributed by atoms with Gasteiger partial charge >= 0.3 is 0 Å². The van der Waals surface area contributed by atoms with Crippen LogP contribution in [0.2, 0.25) is 0 Å². The summed E-state index contributed by atoms with van der Waals surface area (Å²) < 4.78 is 8.97. The molecule has 0 bridgehead atoms. The topological polar surface area (TPSA) is 21.3 Å². The highest BCUT2D eigenvalue weighted by atomic mass is 16.3. The van der Waals surface area contributed by atoms with Crippen LogP contribution >= 0.6 is 0 Å². The van der Waals surface area contributed by atoms with Gasteiger partial charge in [0.05, 0.1) is 11.0 Å². The van der Waals surface area contributed by atoms with Crippen molar-refractivity contribution in [3.05, 3.63) is 267 Å². The molecule has 14 rings (SSSR count). The Morgan fingerprint density at radius 2 is 0.718 bits per heavy atom. The van der Waals surface area contributed by atoms with E-state index in [2.05, 4.69) is 276 Å². The number of hydrogen-bond acceptors (Lipinski definition) is 2. The van der Waals surface area contributed by atoms with Gasteiger partial charge < -0.3 is 13.9 Å². The van der Waals surface area contributed by atoms with Crippen molar-refractivity contribution in [2.24, 2.45) is 0 Å². The summed E-state index contributed by atoms with van der Waals surface area (Å²) in [5.41, 5.74) is 17.9. The number of rotatable bonds is 8. The molecule has 0 N–H and O–H groups in total. The molecule has 3 nitrogen and oxygen atoms in total. The molecule has 2 aromatic heterocycles. The highest BCUT2D eigenvalue weighted by Gasteiger charge is 2.17. The van der Waals surface area contributed by atoms with Gasteiger partial charge in [0.1, 0.15) is 11.2 Å². The van der Waals surface area contributed by atoms with Gasteiger partial charge in [0.25, 0.3) is 0 Å². The highest BCUT2D eigenvalue weighted by molar-refractivity contribution is 6.15. The normalized spacial score (nSPS) is 11.7. The Hall–Kier alpha value is -9.44. The lowest BCUT2D eigenvalue weighted by atomic mass is 9.97. The van der Waals surface area contributed by atoms with Crippen LogP contribution < -0.4 is 4.90 Å². The van der Waals surface area contributed by atoms with Crippen LogP contribution in [0.25, 0.3) is 115 Å². The van der Waals surface area contributed by atoms with Gasteiger partial charge in [-0.15, -0.1) is 0 Å². The maximum absolute atomic E-state index is 6.58. The molecule has 332 valence electrons. The van der Waals surface area contributed by atoms with Crippen molar-refractivity contribution < 1.29 is 4.42 Å². The molecular weight excluding hydrogens is 861 g/mol. The molecule has 0 unspecified atom stereocenters. The first kappa shape index (κ1) is 40.6. The fourth-order valence-electron chi connectivity index (χ4n) is 10.8. The molecule has 14 aromatic rings. The number of anilines is 3. The van der Waals surface area contributed by atoms with Crippen molar-refractivity contribution in [1.29, 1.82) is 0 Å². The van der Waals surface area contributed by atoms with Crippen molar-refractivity contribution in [3.63, 3.8) is 0 Å². The van der Waals surface area contributed by atoms with E-state index in [9.17, 15) is 0 Å². The molecule has 0 radical (unpaired) electrons. The molecule has 12 aromatic carbocycles. The van der Waals surface area contributed by atoms with E-state index < -0.39 is 0 Å².